The van der Waals surface area contributed by atoms with Crippen LogP contribution in [-0.4, -0.2) is 58.7 Å². The van der Waals surface area contributed by atoms with Gasteiger partial charge in [-0.3, -0.25) is 19.4 Å². The highest BCUT2D eigenvalue weighted by Crippen LogP contribution is 2.30. The van der Waals surface area contributed by atoms with Gasteiger partial charge >= 0.3 is 17.8 Å². The van der Waals surface area contributed by atoms with E-state index in [0.29, 0.717) is 5.56 Å². The topological polar surface area (TPSA) is 129 Å². The van der Waals surface area contributed by atoms with E-state index in [4.69, 9.17) is 10.3 Å². The summed E-state index contributed by atoms with van der Waals surface area (Å²) >= 11 is 0. The van der Waals surface area contributed by atoms with Crippen molar-refractivity contribution in [3.63, 3.8) is 0 Å². The molecule has 0 saturated carbocycles. The first kappa shape index (κ1) is 25.4. The van der Waals surface area contributed by atoms with Crippen LogP contribution in [-0.2, 0) is 19.1 Å². The van der Waals surface area contributed by atoms with Crippen LogP contribution < -0.4 is 0 Å². The fraction of sp³-hybridized carbons (Fsp3) is 0.259. The SMILES string of the molecule is [N-]=[N+]=NCCN1CCN(C(CC(=O)OC(c2ccccc2)c2ccccc2)c2cccnc2)C(=O)C1=O. The van der Waals surface area contributed by atoms with Crippen LogP contribution in [0.3, 0.4) is 0 Å². The molecule has 37 heavy (non-hydrogen) atoms. The minimum Gasteiger partial charge on any atom is -0.452 e. The van der Waals surface area contributed by atoms with E-state index in [9.17, 15) is 14.4 Å². The summed E-state index contributed by atoms with van der Waals surface area (Å²) in [4.78, 5) is 48.8. The maximum Gasteiger partial charge on any atom is 0.312 e. The van der Waals surface area contributed by atoms with Crippen LogP contribution in [0.1, 0.15) is 35.3 Å². The van der Waals surface area contributed by atoms with Gasteiger partial charge in [0.2, 0.25) is 0 Å². The van der Waals surface area contributed by atoms with Gasteiger partial charge in [0.05, 0.1) is 12.5 Å². The number of amides is 2. The molecule has 1 aliphatic heterocycles. The average Bonchev–Trinajstić information content (AvgIpc) is 2.94. The fourth-order valence-electron chi connectivity index (χ4n) is 4.31. The van der Waals surface area contributed by atoms with Crippen molar-refractivity contribution in [3.05, 3.63) is 112 Å². The van der Waals surface area contributed by atoms with Crippen molar-refractivity contribution in [2.45, 2.75) is 18.6 Å². The molecule has 0 radical (unpaired) electrons. The molecule has 0 N–H and O–H groups in total. The number of nitrogens with zero attached hydrogens (tertiary/aromatic N) is 6. The number of carbonyl (C=O) groups excluding carboxylic acids is 3. The van der Waals surface area contributed by atoms with Gasteiger partial charge in [0.15, 0.2) is 6.10 Å². The maximum absolute atomic E-state index is 13.3. The first-order chi connectivity index (χ1) is 18.1. The Morgan fingerprint density at radius 3 is 2.19 bits per heavy atom. The molecule has 1 aliphatic rings. The number of benzene rings is 2. The second-order valence-electron chi connectivity index (χ2n) is 8.44. The van der Waals surface area contributed by atoms with Gasteiger partial charge < -0.3 is 14.5 Å². The third-order valence-electron chi connectivity index (χ3n) is 6.13. The summed E-state index contributed by atoms with van der Waals surface area (Å²) in [6.45, 7) is 0.703. The smallest absolute Gasteiger partial charge is 0.312 e. The number of azide groups is 1. The van der Waals surface area contributed by atoms with Crippen molar-refractivity contribution in [2.24, 2.45) is 5.11 Å². The quantitative estimate of drug-likeness (QED) is 0.138. The average molecular weight is 499 g/mol. The third-order valence-corrected chi connectivity index (χ3v) is 6.13. The molecule has 1 saturated heterocycles. The molecule has 1 atom stereocenters. The van der Waals surface area contributed by atoms with Crippen LogP contribution >= 0.6 is 0 Å². The molecule has 2 heterocycles. The van der Waals surface area contributed by atoms with Crippen LogP contribution in [0.4, 0.5) is 0 Å². The molecule has 0 bridgehead atoms. The largest absolute Gasteiger partial charge is 0.452 e. The molecular weight excluding hydrogens is 472 g/mol. The molecule has 2 aromatic carbocycles. The van der Waals surface area contributed by atoms with E-state index in [1.54, 1.807) is 24.5 Å². The standard InChI is InChI=1S/C27H26N6O4/c28-31-30-14-15-32-16-17-33(27(36)26(32)35)23(22-12-7-13-29-19-22)18-24(34)37-25(20-8-3-1-4-9-20)21-10-5-2-6-11-21/h1-13,19,23,25H,14-18H2. The van der Waals surface area contributed by atoms with Crippen LogP contribution in [0.2, 0.25) is 0 Å². The Hall–Kier alpha value is -4.69. The summed E-state index contributed by atoms with van der Waals surface area (Å²) in [5.41, 5.74) is 10.7. The lowest BCUT2D eigenvalue weighted by Gasteiger charge is -2.38. The van der Waals surface area contributed by atoms with Crippen LogP contribution in [0.5, 0.6) is 0 Å². The first-order valence-corrected chi connectivity index (χ1v) is 11.9. The molecule has 10 heteroatoms. The highest BCUT2D eigenvalue weighted by molar-refractivity contribution is 6.35. The Morgan fingerprint density at radius 2 is 1.59 bits per heavy atom. The summed E-state index contributed by atoms with van der Waals surface area (Å²) in [5, 5.41) is 3.44. The Balaban J connectivity index is 1.55. The Kier molecular flexibility index (Phi) is 8.46. The number of esters is 1. The number of hydrogen-bond donors (Lipinski definition) is 0. The van der Waals surface area contributed by atoms with Gasteiger partial charge in [0.1, 0.15) is 0 Å². The first-order valence-electron chi connectivity index (χ1n) is 11.9. The zero-order valence-corrected chi connectivity index (χ0v) is 20.1. The molecule has 2 amide bonds. The molecule has 3 aromatic rings. The number of aromatic nitrogens is 1. The lowest BCUT2D eigenvalue weighted by atomic mass is 10.0. The molecule has 4 rings (SSSR count). The number of ether oxygens (including phenoxy) is 1. The van der Waals surface area contributed by atoms with E-state index in [2.05, 4.69) is 15.0 Å². The summed E-state index contributed by atoms with van der Waals surface area (Å²) in [5.74, 6) is -1.94. The summed E-state index contributed by atoms with van der Waals surface area (Å²) in [7, 11) is 0. The van der Waals surface area contributed by atoms with E-state index in [1.165, 1.54) is 9.80 Å². The van der Waals surface area contributed by atoms with Gasteiger partial charge in [-0.25, -0.2) is 0 Å². The van der Waals surface area contributed by atoms with Crippen LogP contribution in [0.15, 0.2) is 90.3 Å². The monoisotopic (exact) mass is 498 g/mol. The lowest BCUT2D eigenvalue weighted by Crippen LogP contribution is -2.55. The zero-order valence-electron chi connectivity index (χ0n) is 20.1. The molecule has 188 valence electrons. The zero-order chi connectivity index (χ0) is 26.0. The highest BCUT2D eigenvalue weighted by Gasteiger charge is 2.38. The summed E-state index contributed by atoms with van der Waals surface area (Å²) in [6.07, 6.45) is 2.40. The van der Waals surface area contributed by atoms with Crippen molar-refractivity contribution in [3.8, 4) is 0 Å². The molecule has 1 fully saturated rings. The normalized spacial score (nSPS) is 14.3. The van der Waals surface area contributed by atoms with E-state index in [1.807, 2.05) is 60.7 Å². The van der Waals surface area contributed by atoms with Crippen molar-refractivity contribution in [1.82, 2.24) is 14.8 Å². The van der Waals surface area contributed by atoms with Gasteiger partial charge in [-0.1, -0.05) is 71.8 Å². The van der Waals surface area contributed by atoms with E-state index in [0.717, 1.165) is 11.1 Å². The number of rotatable bonds is 10. The maximum atomic E-state index is 13.3. The lowest BCUT2D eigenvalue weighted by molar-refractivity contribution is -0.160. The van der Waals surface area contributed by atoms with E-state index in [-0.39, 0.29) is 32.6 Å². The van der Waals surface area contributed by atoms with Crippen LogP contribution in [0.25, 0.3) is 10.4 Å². The summed E-state index contributed by atoms with van der Waals surface area (Å²) < 4.78 is 5.97. The van der Waals surface area contributed by atoms with E-state index >= 15 is 0 Å². The number of hydrogen-bond acceptors (Lipinski definition) is 6. The van der Waals surface area contributed by atoms with Crippen molar-refractivity contribution in [2.75, 3.05) is 26.2 Å². The number of carbonyl (C=O) groups is 3. The highest BCUT2D eigenvalue weighted by atomic mass is 16.5. The van der Waals surface area contributed by atoms with Crippen molar-refractivity contribution < 1.29 is 19.1 Å². The van der Waals surface area contributed by atoms with Gasteiger partial charge in [-0.05, 0) is 28.3 Å². The molecule has 1 unspecified atom stereocenters. The number of piperazine rings is 1. The number of pyridine rings is 1. The fourth-order valence-corrected chi connectivity index (χ4v) is 4.31. The second kappa shape index (κ2) is 12.3. The predicted molar refractivity (Wildman–Crippen MR) is 135 cm³/mol. The Bertz CT molecular complexity index is 1230. The minimum absolute atomic E-state index is 0.0776. The summed E-state index contributed by atoms with van der Waals surface area (Å²) in [6, 6.07) is 21.6. The molecule has 0 aliphatic carbocycles. The molecular formula is C27H26N6O4. The Morgan fingerprint density at radius 1 is 0.946 bits per heavy atom. The predicted octanol–water partition coefficient (Wildman–Crippen LogP) is 3.83. The Labute approximate surface area is 214 Å². The molecule has 1 aromatic heterocycles. The van der Waals surface area contributed by atoms with Crippen molar-refractivity contribution >= 4 is 17.8 Å². The molecule has 10 nitrogen and oxygen atoms in total. The van der Waals surface area contributed by atoms with Gasteiger partial charge in [-0.2, -0.15) is 0 Å². The van der Waals surface area contributed by atoms with Crippen LogP contribution in [0, 0.1) is 0 Å². The molecule has 0 spiro atoms. The van der Waals surface area contributed by atoms with Gasteiger partial charge in [0, 0.05) is 43.5 Å². The van der Waals surface area contributed by atoms with E-state index < -0.39 is 29.9 Å². The van der Waals surface area contributed by atoms with Gasteiger partial charge in [0.25, 0.3) is 0 Å². The minimum atomic E-state index is -0.732. The van der Waals surface area contributed by atoms with Gasteiger partial charge in [-0.15, -0.1) is 0 Å². The van der Waals surface area contributed by atoms with Crippen molar-refractivity contribution in [1.29, 1.82) is 0 Å². The second-order valence-corrected chi connectivity index (χ2v) is 8.44. The third kappa shape index (κ3) is 6.31.